The Balaban J connectivity index is 3.02. The first-order chi connectivity index (χ1) is 17.4. The van der Waals surface area contributed by atoms with Gasteiger partial charge in [-0.05, 0) is 18.9 Å². The summed E-state index contributed by atoms with van der Waals surface area (Å²) in [5.74, 6) is 0. The maximum Gasteiger partial charge on any atom is 0.142 e. The fourth-order valence-corrected chi connectivity index (χ4v) is 5.26. The minimum Gasteiger partial charge on any atom is -0.299 e. The lowest BCUT2D eigenvalue weighted by Gasteiger charge is -2.04. The molecule has 0 bridgehead atoms. The van der Waals surface area contributed by atoms with Gasteiger partial charge in [0.15, 0.2) is 0 Å². The van der Waals surface area contributed by atoms with Crippen LogP contribution in [0.4, 0.5) is 0 Å². The first kappa shape index (κ1) is 34.4. The molecule has 0 heterocycles. The second-order valence-corrected chi connectivity index (χ2v) is 11.3. The maximum absolute atomic E-state index is 10.2. The Morgan fingerprint density at radius 1 is 0.343 bits per heavy atom. The van der Waals surface area contributed by atoms with E-state index in [-0.39, 0.29) is 0 Å². The van der Waals surface area contributed by atoms with Gasteiger partial charge >= 0.3 is 0 Å². The van der Waals surface area contributed by atoms with Crippen LogP contribution >= 0.6 is 0 Å². The van der Waals surface area contributed by atoms with Gasteiger partial charge in [-0.3, -0.25) is 4.79 Å². The first-order valence-electron chi connectivity index (χ1n) is 16.5. The summed E-state index contributed by atoms with van der Waals surface area (Å²) in [5, 5.41) is 0. The number of rotatable bonds is 31. The van der Waals surface area contributed by atoms with E-state index in [0.29, 0.717) is 0 Å². The zero-order valence-corrected chi connectivity index (χ0v) is 24.4. The molecule has 0 aliphatic heterocycles. The van der Waals surface area contributed by atoms with Gasteiger partial charge in [0.2, 0.25) is 0 Å². The second kappa shape index (κ2) is 33.4. The van der Waals surface area contributed by atoms with Crippen LogP contribution in [0.5, 0.6) is 0 Å². The van der Waals surface area contributed by atoms with Crippen LogP contribution in [0, 0.1) is 0 Å². The number of unbranched alkanes of at least 4 members (excludes halogenated alkanes) is 29. The van der Waals surface area contributed by atoms with Crippen LogP contribution in [0.1, 0.15) is 200 Å². The highest BCUT2D eigenvalue weighted by Crippen LogP contribution is 2.16. The smallest absolute Gasteiger partial charge is 0.142 e. The topological polar surface area (TPSA) is 17.1 Å². The van der Waals surface area contributed by atoms with E-state index in [0.717, 1.165) is 12.7 Å². The lowest BCUT2D eigenvalue weighted by atomic mass is 10.0. The molecule has 1 nitrogen and oxygen atoms in total. The molecule has 0 aliphatic carbocycles. The lowest BCUT2D eigenvalue weighted by molar-refractivity contribution is -0.104. The first-order valence-corrected chi connectivity index (χ1v) is 16.5. The number of hydrogen-bond acceptors (Lipinski definition) is 1. The molecule has 0 unspecified atom stereocenters. The van der Waals surface area contributed by atoms with Crippen LogP contribution in [0.2, 0.25) is 0 Å². The van der Waals surface area contributed by atoms with Crippen molar-refractivity contribution in [3.8, 4) is 0 Å². The molecule has 35 heavy (non-hydrogen) atoms. The van der Waals surface area contributed by atoms with Gasteiger partial charge in [0.25, 0.3) is 0 Å². The zero-order chi connectivity index (χ0) is 25.3. The summed E-state index contributed by atoms with van der Waals surface area (Å²) < 4.78 is 0. The molecule has 0 radical (unpaired) electrons. The molecule has 0 amide bonds. The fraction of sp³-hybridized carbons (Fsp3) is 0.912. The van der Waals surface area contributed by atoms with Crippen LogP contribution in [-0.4, -0.2) is 6.29 Å². The lowest BCUT2D eigenvalue weighted by Crippen LogP contribution is -1.85. The average Bonchev–Trinajstić information content (AvgIpc) is 2.87. The van der Waals surface area contributed by atoms with Gasteiger partial charge in [-0.1, -0.05) is 193 Å². The molecule has 0 aromatic carbocycles. The Kier molecular flexibility index (Phi) is 32.8. The van der Waals surface area contributed by atoms with E-state index in [1.165, 1.54) is 186 Å². The molecule has 0 aromatic heterocycles. The van der Waals surface area contributed by atoms with E-state index in [2.05, 4.69) is 6.92 Å². The Bertz CT molecular complexity index is 399. The van der Waals surface area contributed by atoms with E-state index in [9.17, 15) is 4.79 Å². The van der Waals surface area contributed by atoms with Crippen molar-refractivity contribution in [2.24, 2.45) is 0 Å². The summed E-state index contributed by atoms with van der Waals surface area (Å²) in [5.41, 5.74) is 0. The van der Waals surface area contributed by atoms with E-state index in [4.69, 9.17) is 0 Å². The zero-order valence-electron chi connectivity index (χ0n) is 24.4. The monoisotopic (exact) mass is 491 g/mol. The van der Waals surface area contributed by atoms with Gasteiger partial charge in [0, 0.05) is 0 Å². The number of aldehydes is 1. The SMILES string of the molecule is CCCCCCCCCCCCCCCCCCCCCCCCCCCCCCC/C=C/C=O. The van der Waals surface area contributed by atoms with Gasteiger partial charge in [0.1, 0.15) is 6.29 Å². The normalized spacial score (nSPS) is 11.6. The van der Waals surface area contributed by atoms with E-state index >= 15 is 0 Å². The predicted molar refractivity (Wildman–Crippen MR) is 159 cm³/mol. The predicted octanol–water partition coefficient (Wildman–Crippen LogP) is 12.5. The summed E-state index contributed by atoms with van der Waals surface area (Å²) in [6, 6.07) is 0. The minimum atomic E-state index is 0.877. The van der Waals surface area contributed by atoms with Crippen molar-refractivity contribution in [1.29, 1.82) is 0 Å². The van der Waals surface area contributed by atoms with Gasteiger partial charge in [0.05, 0.1) is 0 Å². The quantitative estimate of drug-likeness (QED) is 0.0536. The summed E-state index contributed by atoms with van der Waals surface area (Å²) in [6.45, 7) is 2.30. The van der Waals surface area contributed by atoms with Crippen LogP contribution in [0.25, 0.3) is 0 Å². The summed E-state index contributed by atoms with van der Waals surface area (Å²) in [6.07, 6.45) is 47.5. The molecular weight excluding hydrogens is 424 g/mol. The molecule has 0 fully saturated rings. The molecule has 1 heteroatoms. The molecule has 0 N–H and O–H groups in total. The minimum absolute atomic E-state index is 0.877. The van der Waals surface area contributed by atoms with Crippen molar-refractivity contribution in [3.63, 3.8) is 0 Å². The van der Waals surface area contributed by atoms with Gasteiger partial charge in [-0.25, -0.2) is 0 Å². The molecule has 208 valence electrons. The second-order valence-electron chi connectivity index (χ2n) is 11.3. The van der Waals surface area contributed by atoms with Crippen molar-refractivity contribution < 1.29 is 4.79 Å². The van der Waals surface area contributed by atoms with Crippen molar-refractivity contribution in [1.82, 2.24) is 0 Å². The largest absolute Gasteiger partial charge is 0.299 e. The van der Waals surface area contributed by atoms with E-state index in [1.807, 2.05) is 6.08 Å². The maximum atomic E-state index is 10.2. The average molecular weight is 491 g/mol. The highest BCUT2D eigenvalue weighted by molar-refractivity contribution is 5.64. The molecule has 0 saturated carbocycles. The standard InChI is InChI=1S/C34H66O/c1-2-3-4-5-6-7-8-9-10-11-12-13-14-15-16-17-18-19-20-21-22-23-24-25-26-27-28-29-30-31-32-33-34-35/h32-34H,2-31H2,1H3/b33-32+. The molecule has 0 rings (SSSR count). The number of carbonyl (C=O) groups is 1. The molecule has 0 aliphatic rings. The Morgan fingerprint density at radius 3 is 0.800 bits per heavy atom. The number of hydrogen-bond donors (Lipinski definition) is 0. The number of allylic oxidation sites excluding steroid dienone is 2. The Hall–Kier alpha value is -0.590. The highest BCUT2D eigenvalue weighted by atomic mass is 16.1. The summed E-state index contributed by atoms with van der Waals surface area (Å²) in [4.78, 5) is 10.2. The van der Waals surface area contributed by atoms with Crippen LogP contribution < -0.4 is 0 Å². The molecule has 0 atom stereocenters. The Morgan fingerprint density at radius 2 is 0.571 bits per heavy atom. The fourth-order valence-electron chi connectivity index (χ4n) is 5.26. The third-order valence-electron chi connectivity index (χ3n) is 7.69. The molecule has 0 aromatic rings. The van der Waals surface area contributed by atoms with Gasteiger partial charge in [-0.15, -0.1) is 0 Å². The highest BCUT2D eigenvalue weighted by Gasteiger charge is 1.96. The molecular formula is C34H66O. The van der Waals surface area contributed by atoms with Crippen LogP contribution in [0.3, 0.4) is 0 Å². The van der Waals surface area contributed by atoms with Gasteiger partial charge in [-0.2, -0.15) is 0 Å². The van der Waals surface area contributed by atoms with Crippen molar-refractivity contribution in [2.45, 2.75) is 200 Å². The van der Waals surface area contributed by atoms with Crippen LogP contribution in [0.15, 0.2) is 12.2 Å². The van der Waals surface area contributed by atoms with Crippen molar-refractivity contribution in [3.05, 3.63) is 12.2 Å². The summed E-state index contributed by atoms with van der Waals surface area (Å²) >= 11 is 0. The van der Waals surface area contributed by atoms with Crippen LogP contribution in [-0.2, 0) is 4.79 Å². The number of carbonyl (C=O) groups excluding carboxylic acids is 1. The molecule has 0 saturated heterocycles. The molecule has 0 spiro atoms. The third kappa shape index (κ3) is 33.4. The van der Waals surface area contributed by atoms with Crippen molar-refractivity contribution >= 4 is 6.29 Å². The van der Waals surface area contributed by atoms with E-state index in [1.54, 1.807) is 6.08 Å². The van der Waals surface area contributed by atoms with E-state index < -0.39 is 0 Å². The summed E-state index contributed by atoms with van der Waals surface area (Å²) in [7, 11) is 0. The van der Waals surface area contributed by atoms with Crippen molar-refractivity contribution in [2.75, 3.05) is 0 Å². The Labute approximate surface area is 222 Å². The van der Waals surface area contributed by atoms with Gasteiger partial charge < -0.3 is 0 Å². The third-order valence-corrected chi connectivity index (χ3v) is 7.69.